The van der Waals surface area contributed by atoms with Gasteiger partial charge in [0.15, 0.2) is 0 Å². The lowest BCUT2D eigenvalue weighted by atomic mass is 9.98. The monoisotopic (exact) mass is 267 g/mol. The molecule has 19 heavy (non-hydrogen) atoms. The molecule has 4 amide bonds. The fourth-order valence-corrected chi connectivity index (χ4v) is 2.95. The van der Waals surface area contributed by atoms with E-state index in [0.717, 1.165) is 17.7 Å². The molecule has 1 aliphatic carbocycles. The number of likely N-dealkylation sites (N-methyl/N-ethyl adjacent to an activating group) is 1. The second-order valence-corrected chi connectivity index (χ2v) is 5.18. The van der Waals surface area contributed by atoms with Crippen molar-refractivity contribution in [2.75, 3.05) is 19.6 Å². The SMILES string of the molecule is CCN(CC)C(=O)CN1C(=O)NC2(CCCC2)C1=O. The van der Waals surface area contributed by atoms with Gasteiger partial charge in [-0.25, -0.2) is 4.79 Å². The third-order valence-corrected chi connectivity index (χ3v) is 4.11. The van der Waals surface area contributed by atoms with Crippen LogP contribution in [0.25, 0.3) is 0 Å². The molecule has 0 aromatic heterocycles. The molecule has 6 nitrogen and oxygen atoms in total. The number of hydrogen-bond acceptors (Lipinski definition) is 3. The number of urea groups is 1. The lowest BCUT2D eigenvalue weighted by Crippen LogP contribution is -2.46. The van der Waals surface area contributed by atoms with Crippen LogP contribution in [0.15, 0.2) is 0 Å². The predicted octanol–water partition coefficient (Wildman–Crippen LogP) is 0.719. The first kappa shape index (κ1) is 13.8. The molecule has 106 valence electrons. The average molecular weight is 267 g/mol. The van der Waals surface area contributed by atoms with Gasteiger partial charge in [-0.2, -0.15) is 0 Å². The molecule has 1 aliphatic heterocycles. The average Bonchev–Trinajstić information content (AvgIpc) is 2.93. The van der Waals surface area contributed by atoms with Crippen molar-refractivity contribution in [3.8, 4) is 0 Å². The standard InChI is InChI=1S/C13H21N3O3/c1-3-15(4-2)10(17)9-16-11(18)13(14-12(16)19)7-5-6-8-13/h3-9H2,1-2H3,(H,14,19). The second kappa shape index (κ2) is 5.19. The molecule has 0 bridgehead atoms. The number of amides is 4. The van der Waals surface area contributed by atoms with Gasteiger partial charge in [0.05, 0.1) is 0 Å². The summed E-state index contributed by atoms with van der Waals surface area (Å²) < 4.78 is 0. The van der Waals surface area contributed by atoms with Gasteiger partial charge in [0.1, 0.15) is 12.1 Å². The van der Waals surface area contributed by atoms with E-state index in [9.17, 15) is 14.4 Å². The summed E-state index contributed by atoms with van der Waals surface area (Å²) in [5, 5.41) is 2.78. The Labute approximate surface area is 113 Å². The summed E-state index contributed by atoms with van der Waals surface area (Å²) >= 11 is 0. The molecule has 0 atom stereocenters. The van der Waals surface area contributed by atoms with Crippen LogP contribution in [0, 0.1) is 0 Å². The summed E-state index contributed by atoms with van der Waals surface area (Å²) in [5.41, 5.74) is -0.722. The number of carbonyl (C=O) groups excluding carboxylic acids is 3. The highest BCUT2D eigenvalue weighted by Crippen LogP contribution is 2.34. The van der Waals surface area contributed by atoms with E-state index >= 15 is 0 Å². The molecule has 1 N–H and O–H groups in total. The zero-order chi connectivity index (χ0) is 14.0. The fraction of sp³-hybridized carbons (Fsp3) is 0.769. The Morgan fingerprint density at radius 2 is 1.84 bits per heavy atom. The van der Waals surface area contributed by atoms with E-state index in [4.69, 9.17) is 0 Å². The minimum atomic E-state index is -0.722. The molecule has 1 saturated heterocycles. The van der Waals surface area contributed by atoms with Crippen LogP contribution in [0.5, 0.6) is 0 Å². The van der Waals surface area contributed by atoms with E-state index in [1.54, 1.807) is 4.90 Å². The van der Waals surface area contributed by atoms with E-state index in [1.807, 2.05) is 13.8 Å². The highest BCUT2D eigenvalue weighted by Gasteiger charge is 2.52. The van der Waals surface area contributed by atoms with Crippen molar-refractivity contribution >= 4 is 17.8 Å². The molecule has 1 spiro atoms. The summed E-state index contributed by atoms with van der Waals surface area (Å²) in [6.45, 7) is 4.79. The number of nitrogens with zero attached hydrogens (tertiary/aromatic N) is 2. The maximum atomic E-state index is 12.3. The fourth-order valence-electron chi connectivity index (χ4n) is 2.95. The quantitative estimate of drug-likeness (QED) is 0.763. The first-order valence-corrected chi connectivity index (χ1v) is 6.96. The number of nitrogens with one attached hydrogen (secondary N) is 1. The third-order valence-electron chi connectivity index (χ3n) is 4.11. The van der Waals surface area contributed by atoms with Gasteiger partial charge < -0.3 is 10.2 Å². The van der Waals surface area contributed by atoms with Gasteiger partial charge in [0, 0.05) is 13.1 Å². The van der Waals surface area contributed by atoms with Crippen molar-refractivity contribution < 1.29 is 14.4 Å². The van der Waals surface area contributed by atoms with E-state index in [0.29, 0.717) is 25.9 Å². The lowest BCUT2D eigenvalue weighted by Gasteiger charge is -2.22. The molecule has 1 saturated carbocycles. The molecule has 0 aromatic carbocycles. The van der Waals surface area contributed by atoms with Crippen LogP contribution >= 0.6 is 0 Å². The molecular formula is C13H21N3O3. The molecule has 1 heterocycles. The summed E-state index contributed by atoms with van der Waals surface area (Å²) in [4.78, 5) is 39.0. The summed E-state index contributed by atoms with van der Waals surface area (Å²) in [5.74, 6) is -0.404. The first-order valence-electron chi connectivity index (χ1n) is 6.96. The second-order valence-electron chi connectivity index (χ2n) is 5.18. The Kier molecular flexibility index (Phi) is 3.78. The first-order chi connectivity index (χ1) is 9.04. The molecule has 2 aliphatic rings. The summed E-state index contributed by atoms with van der Waals surface area (Å²) in [6, 6.07) is -0.424. The van der Waals surface area contributed by atoms with Gasteiger partial charge in [-0.1, -0.05) is 12.8 Å². The Morgan fingerprint density at radius 3 is 2.37 bits per heavy atom. The molecule has 0 aromatic rings. The maximum Gasteiger partial charge on any atom is 0.325 e. The topological polar surface area (TPSA) is 69.7 Å². The Bertz CT molecular complexity index is 398. The van der Waals surface area contributed by atoms with Crippen molar-refractivity contribution in [1.82, 2.24) is 15.1 Å². The Balaban J connectivity index is 2.07. The minimum Gasteiger partial charge on any atom is -0.342 e. The van der Waals surface area contributed by atoms with E-state index in [2.05, 4.69) is 5.32 Å². The largest absolute Gasteiger partial charge is 0.342 e. The third kappa shape index (κ3) is 2.31. The van der Waals surface area contributed by atoms with Gasteiger partial charge >= 0.3 is 6.03 Å². The molecule has 2 rings (SSSR count). The van der Waals surface area contributed by atoms with Gasteiger partial charge in [-0.3, -0.25) is 14.5 Å². The Morgan fingerprint density at radius 1 is 1.26 bits per heavy atom. The zero-order valence-electron chi connectivity index (χ0n) is 11.6. The van der Waals surface area contributed by atoms with Crippen molar-refractivity contribution in [1.29, 1.82) is 0 Å². The van der Waals surface area contributed by atoms with Crippen LogP contribution in [-0.4, -0.2) is 52.8 Å². The minimum absolute atomic E-state index is 0.145. The van der Waals surface area contributed by atoms with Gasteiger partial charge in [-0.05, 0) is 26.7 Å². The van der Waals surface area contributed by atoms with Crippen LogP contribution in [0.2, 0.25) is 0 Å². The van der Waals surface area contributed by atoms with E-state index in [-0.39, 0.29) is 18.4 Å². The Hall–Kier alpha value is -1.59. The van der Waals surface area contributed by atoms with Gasteiger partial charge in [0.2, 0.25) is 5.91 Å². The highest BCUT2D eigenvalue weighted by molar-refractivity contribution is 6.09. The van der Waals surface area contributed by atoms with Gasteiger partial charge in [0.25, 0.3) is 5.91 Å². The lowest BCUT2D eigenvalue weighted by molar-refractivity contribution is -0.138. The van der Waals surface area contributed by atoms with Crippen LogP contribution in [0.1, 0.15) is 39.5 Å². The number of imide groups is 1. The van der Waals surface area contributed by atoms with Crippen LogP contribution in [0.3, 0.4) is 0 Å². The highest BCUT2D eigenvalue weighted by atomic mass is 16.2. The molecular weight excluding hydrogens is 246 g/mol. The van der Waals surface area contributed by atoms with Crippen molar-refractivity contribution in [3.05, 3.63) is 0 Å². The molecule has 0 radical (unpaired) electrons. The van der Waals surface area contributed by atoms with Crippen LogP contribution in [-0.2, 0) is 9.59 Å². The predicted molar refractivity (Wildman–Crippen MR) is 69.4 cm³/mol. The number of rotatable bonds is 4. The summed E-state index contributed by atoms with van der Waals surface area (Å²) in [7, 11) is 0. The van der Waals surface area contributed by atoms with E-state index in [1.165, 1.54) is 0 Å². The van der Waals surface area contributed by atoms with Crippen LogP contribution < -0.4 is 5.32 Å². The zero-order valence-corrected chi connectivity index (χ0v) is 11.6. The van der Waals surface area contributed by atoms with E-state index < -0.39 is 11.6 Å². The molecule has 2 fully saturated rings. The normalized spacial score (nSPS) is 21.1. The maximum absolute atomic E-state index is 12.3. The van der Waals surface area contributed by atoms with Crippen molar-refractivity contribution in [2.45, 2.75) is 45.1 Å². The van der Waals surface area contributed by atoms with Gasteiger partial charge in [-0.15, -0.1) is 0 Å². The number of carbonyl (C=O) groups is 3. The molecule has 0 unspecified atom stereocenters. The van der Waals surface area contributed by atoms with Crippen molar-refractivity contribution in [3.63, 3.8) is 0 Å². The van der Waals surface area contributed by atoms with Crippen LogP contribution in [0.4, 0.5) is 4.79 Å². The number of hydrogen-bond donors (Lipinski definition) is 1. The van der Waals surface area contributed by atoms with Crippen molar-refractivity contribution in [2.24, 2.45) is 0 Å². The summed E-state index contributed by atoms with van der Waals surface area (Å²) in [6.07, 6.45) is 3.27. The smallest absolute Gasteiger partial charge is 0.325 e. The molecule has 6 heteroatoms.